The molecule has 13 heavy (non-hydrogen) atoms. The topological polar surface area (TPSA) is 36.4 Å². The van der Waals surface area contributed by atoms with Crippen molar-refractivity contribution in [3.05, 3.63) is 35.6 Å². The van der Waals surface area contributed by atoms with Crippen LogP contribution in [0.1, 0.15) is 6.42 Å². The lowest BCUT2D eigenvalue weighted by atomic mass is 9.89. The molecule has 2 N–H and O–H groups in total. The van der Waals surface area contributed by atoms with Crippen LogP contribution in [0.2, 0.25) is 0 Å². The Labute approximate surface area is 76.9 Å². The van der Waals surface area contributed by atoms with Crippen LogP contribution in [0.5, 0.6) is 0 Å². The fraction of sp³-hybridized carbons (Fsp3) is 0.300. The molecule has 3 rings (SSSR count). The smallest absolute Gasteiger partial charge is 0.178 e. The van der Waals surface area contributed by atoms with E-state index in [1.165, 1.54) is 5.57 Å². The van der Waals surface area contributed by atoms with E-state index in [2.05, 4.69) is 39.9 Å². The second-order valence-electron chi connectivity index (χ2n) is 3.43. The Hall–Kier alpha value is -1.35. The van der Waals surface area contributed by atoms with Gasteiger partial charge in [-0.1, -0.05) is 18.2 Å². The van der Waals surface area contributed by atoms with Gasteiger partial charge in [-0.25, -0.2) is 4.99 Å². The average molecular weight is 173 g/mol. The molecule has 1 atom stereocenters. The highest BCUT2D eigenvalue weighted by atomic mass is 15.3. The molecule has 2 heterocycles. The van der Waals surface area contributed by atoms with Gasteiger partial charge < -0.3 is 5.32 Å². The van der Waals surface area contributed by atoms with Crippen molar-refractivity contribution in [1.82, 2.24) is 10.6 Å². The number of hydrogen-bond donors (Lipinski definition) is 2. The minimum Gasteiger partial charge on any atom is -0.347 e. The molecule has 0 saturated carbocycles. The normalized spacial score (nSPS) is 34.5. The molecule has 0 amide bonds. The lowest BCUT2D eigenvalue weighted by molar-refractivity contribution is 0.451. The van der Waals surface area contributed by atoms with Crippen molar-refractivity contribution < 1.29 is 0 Å². The third-order valence-corrected chi connectivity index (χ3v) is 2.71. The molecule has 3 nitrogen and oxygen atoms in total. The summed E-state index contributed by atoms with van der Waals surface area (Å²) in [4.78, 5) is 4.48. The van der Waals surface area contributed by atoms with E-state index in [9.17, 15) is 0 Å². The summed E-state index contributed by atoms with van der Waals surface area (Å²) in [5.74, 6) is 0. The van der Waals surface area contributed by atoms with Crippen molar-refractivity contribution in [3.63, 3.8) is 0 Å². The van der Waals surface area contributed by atoms with Gasteiger partial charge in [-0.15, -0.1) is 0 Å². The Kier molecular flexibility index (Phi) is 1.27. The molecule has 0 aromatic rings. The van der Waals surface area contributed by atoms with Crippen LogP contribution >= 0.6 is 0 Å². The molecule has 66 valence electrons. The van der Waals surface area contributed by atoms with Crippen LogP contribution < -0.4 is 10.6 Å². The van der Waals surface area contributed by atoms with Crippen LogP contribution in [0.25, 0.3) is 0 Å². The number of aliphatic imine (C=N–C) groups is 1. The minimum absolute atomic E-state index is 0.271. The zero-order valence-corrected chi connectivity index (χ0v) is 7.25. The Bertz CT molecular complexity index is 362. The fourth-order valence-electron chi connectivity index (χ4n) is 2.08. The predicted octanol–water partition coefficient (Wildman–Crippen LogP) is 0.688. The highest BCUT2D eigenvalue weighted by molar-refractivity contribution is 5.69. The first-order valence-corrected chi connectivity index (χ1v) is 4.56. The summed E-state index contributed by atoms with van der Waals surface area (Å²) < 4.78 is 0. The third kappa shape index (κ3) is 0.795. The average Bonchev–Trinajstić information content (AvgIpc) is 2.58. The predicted molar refractivity (Wildman–Crippen MR) is 52.3 cm³/mol. The van der Waals surface area contributed by atoms with Gasteiger partial charge >= 0.3 is 0 Å². The Morgan fingerprint density at radius 2 is 2.46 bits per heavy atom. The van der Waals surface area contributed by atoms with E-state index >= 15 is 0 Å². The van der Waals surface area contributed by atoms with E-state index in [0.29, 0.717) is 0 Å². The Morgan fingerprint density at radius 1 is 1.46 bits per heavy atom. The van der Waals surface area contributed by atoms with Crippen molar-refractivity contribution >= 4 is 6.34 Å². The maximum absolute atomic E-state index is 4.48. The van der Waals surface area contributed by atoms with Gasteiger partial charge in [0.25, 0.3) is 0 Å². The third-order valence-electron chi connectivity index (χ3n) is 2.71. The van der Waals surface area contributed by atoms with Gasteiger partial charge in [0.15, 0.2) is 5.66 Å². The van der Waals surface area contributed by atoms with Gasteiger partial charge in [-0.2, -0.15) is 0 Å². The van der Waals surface area contributed by atoms with Crippen molar-refractivity contribution in [3.8, 4) is 0 Å². The Balaban J connectivity index is 2.18. The maximum atomic E-state index is 4.48. The van der Waals surface area contributed by atoms with Crippen LogP contribution in [-0.4, -0.2) is 18.5 Å². The van der Waals surface area contributed by atoms with Gasteiger partial charge in [0.2, 0.25) is 0 Å². The number of hydrogen-bond acceptors (Lipinski definition) is 3. The summed E-state index contributed by atoms with van der Waals surface area (Å²) in [6.45, 7) is 0.994. The van der Waals surface area contributed by atoms with E-state index in [-0.39, 0.29) is 5.66 Å². The highest BCUT2D eigenvalue weighted by Crippen LogP contribution is 2.34. The lowest BCUT2D eigenvalue weighted by Crippen LogP contribution is -2.49. The first kappa shape index (κ1) is 7.09. The van der Waals surface area contributed by atoms with Crippen LogP contribution in [0.3, 0.4) is 0 Å². The summed E-state index contributed by atoms with van der Waals surface area (Å²) in [6, 6.07) is 0. The molecule has 1 spiro atoms. The van der Waals surface area contributed by atoms with E-state index in [1.54, 1.807) is 6.34 Å². The molecule has 0 saturated heterocycles. The molecule has 0 bridgehead atoms. The zero-order chi connectivity index (χ0) is 8.73. The monoisotopic (exact) mass is 173 g/mol. The molecule has 0 aromatic heterocycles. The summed E-state index contributed by atoms with van der Waals surface area (Å²) in [7, 11) is 0. The van der Waals surface area contributed by atoms with Gasteiger partial charge in [0, 0.05) is 6.54 Å². The standard InChI is InChI=1S/C10H11N3/c1-3-8-4-2-6-12-10(8)9(5-1)11-7-13-10/h1,3-5,7,12H,2,6H2,(H,11,13). The first-order valence-electron chi connectivity index (χ1n) is 4.56. The molecular weight excluding hydrogens is 162 g/mol. The van der Waals surface area contributed by atoms with Gasteiger partial charge in [0.05, 0.1) is 12.0 Å². The maximum Gasteiger partial charge on any atom is 0.178 e. The molecule has 0 radical (unpaired) electrons. The van der Waals surface area contributed by atoms with Crippen LogP contribution in [0.15, 0.2) is 40.6 Å². The second kappa shape index (κ2) is 2.33. The van der Waals surface area contributed by atoms with Crippen LogP contribution in [0.4, 0.5) is 0 Å². The van der Waals surface area contributed by atoms with Crippen LogP contribution in [-0.2, 0) is 0 Å². The van der Waals surface area contributed by atoms with Crippen molar-refractivity contribution in [2.45, 2.75) is 12.1 Å². The molecule has 3 aliphatic rings. The summed E-state index contributed by atoms with van der Waals surface area (Å²) in [6.07, 6.45) is 11.4. The molecule has 0 aromatic carbocycles. The quantitative estimate of drug-likeness (QED) is 0.565. The largest absolute Gasteiger partial charge is 0.347 e. The molecule has 2 aliphatic heterocycles. The zero-order valence-electron chi connectivity index (χ0n) is 7.25. The lowest BCUT2D eigenvalue weighted by Gasteiger charge is -2.34. The van der Waals surface area contributed by atoms with Crippen molar-refractivity contribution in [2.24, 2.45) is 4.99 Å². The van der Waals surface area contributed by atoms with Crippen molar-refractivity contribution in [1.29, 1.82) is 0 Å². The van der Waals surface area contributed by atoms with Gasteiger partial charge in [-0.3, -0.25) is 5.32 Å². The number of nitrogens with zero attached hydrogens (tertiary/aromatic N) is 1. The second-order valence-corrected chi connectivity index (χ2v) is 3.43. The summed E-state index contributed by atoms with van der Waals surface area (Å²) >= 11 is 0. The van der Waals surface area contributed by atoms with Crippen LogP contribution in [0, 0.1) is 0 Å². The highest BCUT2D eigenvalue weighted by Gasteiger charge is 2.41. The summed E-state index contributed by atoms with van der Waals surface area (Å²) in [5, 5.41) is 6.61. The van der Waals surface area contributed by atoms with E-state index in [1.807, 2.05) is 0 Å². The number of allylic oxidation sites excluding steroid dienone is 2. The molecule has 0 fully saturated rings. The van der Waals surface area contributed by atoms with Gasteiger partial charge in [0.1, 0.15) is 0 Å². The Morgan fingerprint density at radius 3 is 3.46 bits per heavy atom. The minimum atomic E-state index is -0.271. The fourth-order valence-corrected chi connectivity index (χ4v) is 2.08. The first-order chi connectivity index (χ1) is 6.42. The number of rotatable bonds is 0. The molecule has 1 unspecified atom stereocenters. The molecule has 1 aliphatic carbocycles. The van der Waals surface area contributed by atoms with E-state index in [0.717, 1.165) is 18.7 Å². The summed E-state index contributed by atoms with van der Waals surface area (Å²) in [5.41, 5.74) is 2.13. The number of nitrogens with one attached hydrogen (secondary N) is 2. The van der Waals surface area contributed by atoms with E-state index < -0.39 is 0 Å². The van der Waals surface area contributed by atoms with Crippen molar-refractivity contribution in [2.75, 3.05) is 6.54 Å². The van der Waals surface area contributed by atoms with E-state index in [4.69, 9.17) is 0 Å². The SMILES string of the molecule is C1=CC2=CCCNC23N=CNC3=C1. The van der Waals surface area contributed by atoms with Gasteiger partial charge in [-0.05, 0) is 18.1 Å². The molecular formula is C10H11N3. The molecule has 3 heteroatoms.